The molecule has 3 rings (SSSR count). The van der Waals surface area contributed by atoms with Crippen molar-refractivity contribution < 1.29 is 4.74 Å². The zero-order chi connectivity index (χ0) is 9.43. The summed E-state index contributed by atoms with van der Waals surface area (Å²) in [5.74, 6) is 0. The normalized spacial score (nSPS) is 24.9. The molecule has 14 heavy (non-hydrogen) atoms. The largest absolute Gasteiger partial charge is 0.373 e. The van der Waals surface area contributed by atoms with Crippen LogP contribution in [0.3, 0.4) is 0 Å². The van der Waals surface area contributed by atoms with E-state index in [4.69, 9.17) is 4.74 Å². The molecule has 0 bridgehead atoms. The van der Waals surface area contributed by atoms with Crippen LogP contribution in [-0.2, 0) is 16.9 Å². The van der Waals surface area contributed by atoms with Gasteiger partial charge in [0, 0.05) is 0 Å². The summed E-state index contributed by atoms with van der Waals surface area (Å²) in [6, 6.07) is 0. The molecule has 0 atom stereocenters. The zero-order valence-electron chi connectivity index (χ0n) is 8.28. The van der Waals surface area contributed by atoms with Gasteiger partial charge in [0.25, 0.3) is 0 Å². The standard InChI is InChI=1S/C10H15N3O/c1-2-4-10(5-3-1)8-14-7-9-6-11-12-13(9)10/h6H,1-5,7-8H2. The molecule has 76 valence electrons. The predicted molar refractivity (Wildman–Crippen MR) is 50.7 cm³/mol. The summed E-state index contributed by atoms with van der Waals surface area (Å²) in [6.07, 6.45) is 8.17. The van der Waals surface area contributed by atoms with Gasteiger partial charge in [-0.1, -0.05) is 24.5 Å². The van der Waals surface area contributed by atoms with Crippen LogP contribution in [0.4, 0.5) is 0 Å². The Labute approximate surface area is 83.2 Å². The number of aromatic nitrogens is 3. The zero-order valence-corrected chi connectivity index (χ0v) is 8.28. The molecule has 1 fully saturated rings. The minimum Gasteiger partial charge on any atom is -0.373 e. The molecule has 1 aromatic heterocycles. The molecule has 1 aliphatic heterocycles. The van der Waals surface area contributed by atoms with E-state index in [1.54, 1.807) is 0 Å². The highest BCUT2D eigenvalue weighted by Gasteiger charge is 2.39. The van der Waals surface area contributed by atoms with Crippen molar-refractivity contribution >= 4 is 0 Å². The molecule has 0 amide bonds. The first-order valence-corrected chi connectivity index (χ1v) is 5.39. The van der Waals surface area contributed by atoms with E-state index in [0.717, 1.165) is 12.3 Å². The summed E-state index contributed by atoms with van der Waals surface area (Å²) in [5.41, 5.74) is 1.28. The van der Waals surface area contributed by atoms with Crippen LogP contribution in [0.5, 0.6) is 0 Å². The number of nitrogens with zero attached hydrogens (tertiary/aromatic N) is 3. The highest BCUT2D eigenvalue weighted by molar-refractivity contribution is 5.03. The smallest absolute Gasteiger partial charge is 0.0902 e. The first-order chi connectivity index (χ1) is 6.91. The van der Waals surface area contributed by atoms with Gasteiger partial charge in [-0.2, -0.15) is 0 Å². The van der Waals surface area contributed by atoms with E-state index in [-0.39, 0.29) is 5.54 Å². The van der Waals surface area contributed by atoms with Crippen LogP contribution in [0.2, 0.25) is 0 Å². The third-order valence-electron chi connectivity index (χ3n) is 3.47. The van der Waals surface area contributed by atoms with Gasteiger partial charge < -0.3 is 4.74 Å². The fraction of sp³-hybridized carbons (Fsp3) is 0.800. The Hall–Kier alpha value is -0.900. The Morgan fingerprint density at radius 2 is 2.14 bits per heavy atom. The van der Waals surface area contributed by atoms with E-state index in [1.165, 1.54) is 32.1 Å². The van der Waals surface area contributed by atoms with Gasteiger partial charge in [0.1, 0.15) is 0 Å². The molecule has 1 aromatic rings. The van der Waals surface area contributed by atoms with Crippen molar-refractivity contribution in [1.29, 1.82) is 0 Å². The van der Waals surface area contributed by atoms with Crippen molar-refractivity contribution in [2.75, 3.05) is 6.61 Å². The Balaban J connectivity index is 2.01. The minimum atomic E-state index is 0.141. The molecule has 0 saturated heterocycles. The Morgan fingerprint density at radius 3 is 3.00 bits per heavy atom. The molecule has 0 N–H and O–H groups in total. The number of rotatable bonds is 0. The third-order valence-corrected chi connectivity index (χ3v) is 3.47. The average molecular weight is 193 g/mol. The van der Waals surface area contributed by atoms with E-state index < -0.39 is 0 Å². The van der Waals surface area contributed by atoms with Crippen LogP contribution in [0.1, 0.15) is 37.8 Å². The van der Waals surface area contributed by atoms with Crippen LogP contribution in [-0.4, -0.2) is 21.6 Å². The van der Waals surface area contributed by atoms with E-state index in [2.05, 4.69) is 15.0 Å². The maximum atomic E-state index is 5.65. The predicted octanol–water partition coefficient (Wildman–Crippen LogP) is 1.47. The van der Waals surface area contributed by atoms with Gasteiger partial charge in [0.2, 0.25) is 0 Å². The van der Waals surface area contributed by atoms with Gasteiger partial charge in [0.15, 0.2) is 0 Å². The Morgan fingerprint density at radius 1 is 1.29 bits per heavy atom. The summed E-state index contributed by atoms with van der Waals surface area (Å²) < 4.78 is 7.77. The van der Waals surface area contributed by atoms with E-state index in [0.29, 0.717) is 6.61 Å². The molecule has 4 nitrogen and oxygen atoms in total. The number of ether oxygens (including phenoxy) is 1. The highest BCUT2D eigenvalue weighted by atomic mass is 16.5. The van der Waals surface area contributed by atoms with Crippen LogP contribution < -0.4 is 0 Å². The highest BCUT2D eigenvalue weighted by Crippen LogP contribution is 2.37. The van der Waals surface area contributed by atoms with Gasteiger partial charge in [-0.25, -0.2) is 4.68 Å². The first-order valence-electron chi connectivity index (χ1n) is 5.39. The van der Waals surface area contributed by atoms with Crippen molar-refractivity contribution in [2.24, 2.45) is 0 Å². The topological polar surface area (TPSA) is 39.9 Å². The molecule has 4 heteroatoms. The van der Waals surface area contributed by atoms with Crippen molar-refractivity contribution in [1.82, 2.24) is 15.0 Å². The van der Waals surface area contributed by atoms with E-state index >= 15 is 0 Å². The molecular weight excluding hydrogens is 178 g/mol. The molecule has 0 radical (unpaired) electrons. The maximum Gasteiger partial charge on any atom is 0.0902 e. The van der Waals surface area contributed by atoms with Crippen molar-refractivity contribution in [2.45, 2.75) is 44.2 Å². The molecule has 1 aliphatic carbocycles. The molecule has 1 saturated carbocycles. The minimum absolute atomic E-state index is 0.141. The summed E-state index contributed by atoms with van der Waals surface area (Å²) >= 11 is 0. The maximum absolute atomic E-state index is 5.65. The second kappa shape index (κ2) is 3.05. The third kappa shape index (κ3) is 1.10. The van der Waals surface area contributed by atoms with Gasteiger partial charge in [-0.3, -0.25) is 0 Å². The Kier molecular flexibility index (Phi) is 1.83. The van der Waals surface area contributed by atoms with Crippen LogP contribution >= 0.6 is 0 Å². The number of fused-ring (bicyclic) bond motifs is 2. The van der Waals surface area contributed by atoms with Crippen LogP contribution in [0, 0.1) is 0 Å². The average Bonchev–Trinajstić information content (AvgIpc) is 2.69. The van der Waals surface area contributed by atoms with E-state index in [9.17, 15) is 0 Å². The number of hydrogen-bond acceptors (Lipinski definition) is 3. The van der Waals surface area contributed by atoms with Crippen molar-refractivity contribution in [3.05, 3.63) is 11.9 Å². The van der Waals surface area contributed by atoms with Crippen molar-refractivity contribution in [3.8, 4) is 0 Å². The lowest BCUT2D eigenvalue weighted by molar-refractivity contribution is -0.0242. The molecule has 0 aromatic carbocycles. The van der Waals surface area contributed by atoms with Gasteiger partial charge in [0.05, 0.1) is 30.6 Å². The SMILES string of the molecule is c1nnn2c1COCC21CCCCC1. The lowest BCUT2D eigenvalue weighted by Crippen LogP contribution is -2.45. The Bertz CT molecular complexity index is 328. The first kappa shape index (κ1) is 8.41. The van der Waals surface area contributed by atoms with Gasteiger partial charge >= 0.3 is 0 Å². The van der Waals surface area contributed by atoms with Crippen molar-refractivity contribution in [3.63, 3.8) is 0 Å². The molecule has 2 aliphatic rings. The number of hydrogen-bond donors (Lipinski definition) is 0. The second-order valence-corrected chi connectivity index (χ2v) is 4.41. The van der Waals surface area contributed by atoms with Crippen LogP contribution in [0.25, 0.3) is 0 Å². The van der Waals surface area contributed by atoms with Gasteiger partial charge in [-0.15, -0.1) is 5.10 Å². The quantitative estimate of drug-likeness (QED) is 0.626. The molecule has 0 unspecified atom stereocenters. The molecule has 2 heterocycles. The molecular formula is C10H15N3O. The lowest BCUT2D eigenvalue weighted by atomic mass is 9.81. The summed E-state index contributed by atoms with van der Waals surface area (Å²) in [4.78, 5) is 0. The van der Waals surface area contributed by atoms with Gasteiger partial charge in [-0.05, 0) is 12.8 Å². The monoisotopic (exact) mass is 193 g/mol. The second-order valence-electron chi connectivity index (χ2n) is 4.41. The fourth-order valence-electron chi connectivity index (χ4n) is 2.73. The summed E-state index contributed by atoms with van der Waals surface area (Å²) in [5, 5.41) is 8.21. The van der Waals surface area contributed by atoms with E-state index in [1.807, 2.05) is 6.20 Å². The summed E-state index contributed by atoms with van der Waals surface area (Å²) in [6.45, 7) is 1.50. The lowest BCUT2D eigenvalue weighted by Gasteiger charge is -2.40. The fourth-order valence-corrected chi connectivity index (χ4v) is 2.73. The molecule has 1 spiro atoms. The van der Waals surface area contributed by atoms with Crippen LogP contribution in [0.15, 0.2) is 6.20 Å². The summed E-state index contributed by atoms with van der Waals surface area (Å²) in [7, 11) is 0.